The summed E-state index contributed by atoms with van der Waals surface area (Å²) in [4.78, 5) is 12.5. The van der Waals surface area contributed by atoms with Gasteiger partial charge in [-0.15, -0.1) is 0 Å². The number of aryl methyl sites for hydroxylation is 1. The maximum Gasteiger partial charge on any atom is 0.262 e. The lowest BCUT2D eigenvalue weighted by molar-refractivity contribution is -0.117. The van der Waals surface area contributed by atoms with Crippen LogP contribution in [0.4, 0.5) is 0 Å². The lowest BCUT2D eigenvalue weighted by Crippen LogP contribution is -2.23. The van der Waals surface area contributed by atoms with Gasteiger partial charge >= 0.3 is 0 Å². The van der Waals surface area contributed by atoms with Gasteiger partial charge in [-0.2, -0.15) is 5.26 Å². The highest BCUT2D eigenvalue weighted by molar-refractivity contribution is 6.01. The molecule has 0 aliphatic carbocycles. The molecule has 4 rings (SSSR count). The molecule has 0 fully saturated rings. The van der Waals surface area contributed by atoms with Crippen molar-refractivity contribution in [2.45, 2.75) is 20.1 Å². The quantitative estimate of drug-likeness (QED) is 0.444. The third kappa shape index (κ3) is 5.27. The van der Waals surface area contributed by atoms with Crippen LogP contribution in [-0.4, -0.2) is 12.7 Å². The number of rotatable bonds is 7. The third-order valence-corrected chi connectivity index (χ3v) is 4.93. The van der Waals surface area contributed by atoms with Crippen LogP contribution >= 0.6 is 0 Å². The first-order chi connectivity index (χ1) is 15.6. The molecule has 1 N–H and O–H groups in total. The summed E-state index contributed by atoms with van der Waals surface area (Å²) in [6.07, 6.45) is 1.55. The molecule has 0 radical (unpaired) electrons. The normalized spacial score (nSPS) is 12.2. The average molecular weight is 426 g/mol. The maximum atomic E-state index is 12.5. The highest BCUT2D eigenvalue weighted by Gasteiger charge is 2.14. The van der Waals surface area contributed by atoms with Crippen molar-refractivity contribution in [3.05, 3.63) is 94.6 Å². The van der Waals surface area contributed by atoms with Gasteiger partial charge in [0, 0.05) is 6.54 Å². The third-order valence-electron chi connectivity index (χ3n) is 4.93. The highest BCUT2D eigenvalue weighted by Crippen LogP contribution is 2.32. The van der Waals surface area contributed by atoms with E-state index >= 15 is 0 Å². The molecule has 0 saturated carbocycles. The summed E-state index contributed by atoms with van der Waals surface area (Å²) in [5.41, 5.74) is 3.91. The van der Waals surface area contributed by atoms with E-state index in [-0.39, 0.29) is 18.9 Å². The lowest BCUT2D eigenvalue weighted by Gasteiger charge is -2.08. The molecule has 0 saturated heterocycles. The number of amides is 1. The first kappa shape index (κ1) is 21.0. The number of ether oxygens (including phenoxy) is 3. The Morgan fingerprint density at radius 2 is 1.88 bits per heavy atom. The average Bonchev–Trinajstić information content (AvgIpc) is 3.28. The predicted molar refractivity (Wildman–Crippen MR) is 120 cm³/mol. The van der Waals surface area contributed by atoms with Gasteiger partial charge in [0.25, 0.3) is 5.91 Å². The standard InChI is InChI=1S/C26H22N2O4/c1-18-3-2-4-21(11-18)16-30-23-8-5-19(6-9-23)12-22(14-27)26(29)28-15-20-7-10-24-25(13-20)32-17-31-24/h2-13H,15-17H2,1H3,(H,28,29)/b22-12+. The van der Waals surface area contributed by atoms with E-state index in [4.69, 9.17) is 14.2 Å². The van der Waals surface area contributed by atoms with Crippen molar-refractivity contribution in [2.24, 2.45) is 0 Å². The minimum absolute atomic E-state index is 0.0270. The molecule has 0 bridgehead atoms. The molecule has 3 aromatic rings. The zero-order valence-electron chi connectivity index (χ0n) is 17.6. The molecular formula is C26H22N2O4. The van der Waals surface area contributed by atoms with Gasteiger partial charge in [0.2, 0.25) is 6.79 Å². The van der Waals surface area contributed by atoms with E-state index in [0.29, 0.717) is 18.1 Å². The second kappa shape index (κ2) is 9.71. The fourth-order valence-corrected chi connectivity index (χ4v) is 3.27. The predicted octanol–water partition coefficient (Wildman–Crippen LogP) is 4.53. The monoisotopic (exact) mass is 426 g/mol. The van der Waals surface area contributed by atoms with Gasteiger partial charge in [0.1, 0.15) is 24.0 Å². The smallest absolute Gasteiger partial charge is 0.262 e. The van der Waals surface area contributed by atoms with Crippen molar-refractivity contribution in [2.75, 3.05) is 6.79 Å². The Kier molecular flexibility index (Phi) is 6.38. The molecule has 3 aromatic carbocycles. The van der Waals surface area contributed by atoms with Gasteiger partial charge in [-0.3, -0.25) is 4.79 Å². The van der Waals surface area contributed by atoms with Crippen LogP contribution < -0.4 is 19.5 Å². The molecule has 0 atom stereocenters. The Bertz CT molecular complexity index is 1190. The number of hydrogen-bond acceptors (Lipinski definition) is 5. The molecular weight excluding hydrogens is 404 g/mol. The van der Waals surface area contributed by atoms with Gasteiger partial charge in [0.05, 0.1) is 0 Å². The molecule has 1 amide bonds. The highest BCUT2D eigenvalue weighted by atomic mass is 16.7. The number of nitrogens with one attached hydrogen (secondary N) is 1. The van der Waals surface area contributed by atoms with E-state index in [9.17, 15) is 10.1 Å². The van der Waals surface area contributed by atoms with Gasteiger partial charge in [-0.1, -0.05) is 48.0 Å². The molecule has 6 heteroatoms. The van der Waals surface area contributed by atoms with Gasteiger partial charge in [-0.05, 0) is 54.0 Å². The van der Waals surface area contributed by atoms with Crippen molar-refractivity contribution in [1.82, 2.24) is 5.32 Å². The van der Waals surface area contributed by atoms with Gasteiger partial charge < -0.3 is 19.5 Å². The van der Waals surface area contributed by atoms with E-state index in [1.807, 2.05) is 67.6 Å². The molecule has 1 heterocycles. The first-order valence-electron chi connectivity index (χ1n) is 10.2. The van der Waals surface area contributed by atoms with E-state index in [0.717, 1.165) is 22.4 Å². The van der Waals surface area contributed by atoms with Crippen LogP contribution in [0.25, 0.3) is 6.08 Å². The largest absolute Gasteiger partial charge is 0.489 e. The molecule has 0 unspecified atom stereocenters. The second-order valence-electron chi connectivity index (χ2n) is 7.39. The second-order valence-corrected chi connectivity index (χ2v) is 7.39. The zero-order chi connectivity index (χ0) is 22.3. The number of benzene rings is 3. The summed E-state index contributed by atoms with van der Waals surface area (Å²) in [5.74, 6) is 1.61. The van der Waals surface area contributed by atoms with Crippen LogP contribution in [0.2, 0.25) is 0 Å². The number of nitrogens with zero attached hydrogens (tertiary/aromatic N) is 1. The number of carbonyl (C=O) groups is 1. The summed E-state index contributed by atoms with van der Waals surface area (Å²) in [6.45, 7) is 2.99. The molecule has 6 nitrogen and oxygen atoms in total. The van der Waals surface area contributed by atoms with Crippen LogP contribution in [0.1, 0.15) is 22.3 Å². The summed E-state index contributed by atoms with van der Waals surface area (Å²) >= 11 is 0. The summed E-state index contributed by atoms with van der Waals surface area (Å²) < 4.78 is 16.4. The maximum absolute atomic E-state index is 12.5. The van der Waals surface area contributed by atoms with Crippen molar-refractivity contribution in [3.63, 3.8) is 0 Å². The van der Waals surface area contributed by atoms with E-state index < -0.39 is 5.91 Å². The van der Waals surface area contributed by atoms with Gasteiger partial charge in [0.15, 0.2) is 11.5 Å². The summed E-state index contributed by atoms with van der Waals surface area (Å²) in [5, 5.41) is 12.2. The summed E-state index contributed by atoms with van der Waals surface area (Å²) in [7, 11) is 0. The van der Waals surface area contributed by atoms with E-state index in [1.54, 1.807) is 12.1 Å². The zero-order valence-corrected chi connectivity index (χ0v) is 17.6. The molecule has 1 aliphatic rings. The number of carbonyl (C=O) groups excluding carboxylic acids is 1. The number of nitriles is 1. The van der Waals surface area contributed by atoms with Crippen molar-refractivity contribution >= 4 is 12.0 Å². The van der Waals surface area contributed by atoms with E-state index in [1.165, 1.54) is 5.56 Å². The lowest BCUT2D eigenvalue weighted by atomic mass is 10.1. The summed E-state index contributed by atoms with van der Waals surface area (Å²) in [6, 6.07) is 22.8. The molecule has 0 aromatic heterocycles. The number of hydrogen-bond donors (Lipinski definition) is 1. The van der Waals surface area contributed by atoms with E-state index in [2.05, 4.69) is 11.4 Å². The van der Waals surface area contributed by atoms with Crippen LogP contribution in [0.5, 0.6) is 17.2 Å². The van der Waals surface area contributed by atoms with Crippen LogP contribution in [0.3, 0.4) is 0 Å². The van der Waals surface area contributed by atoms with Crippen LogP contribution in [0, 0.1) is 18.3 Å². The minimum Gasteiger partial charge on any atom is -0.489 e. The number of fused-ring (bicyclic) bond motifs is 1. The molecule has 32 heavy (non-hydrogen) atoms. The fraction of sp³-hybridized carbons (Fsp3) is 0.154. The minimum atomic E-state index is -0.440. The Morgan fingerprint density at radius 3 is 2.66 bits per heavy atom. The fourth-order valence-electron chi connectivity index (χ4n) is 3.27. The van der Waals surface area contributed by atoms with Crippen molar-refractivity contribution in [1.29, 1.82) is 5.26 Å². The SMILES string of the molecule is Cc1cccc(COc2ccc(/C=C(\C#N)C(=O)NCc3ccc4c(c3)OCO4)cc2)c1. The first-order valence-corrected chi connectivity index (χ1v) is 10.2. The Labute approximate surface area is 186 Å². The Morgan fingerprint density at radius 1 is 1.06 bits per heavy atom. The Balaban J connectivity index is 1.34. The Hall–Kier alpha value is -4.24. The van der Waals surface area contributed by atoms with Crippen LogP contribution in [0.15, 0.2) is 72.3 Å². The van der Waals surface area contributed by atoms with Gasteiger partial charge in [-0.25, -0.2) is 0 Å². The molecule has 0 spiro atoms. The van der Waals surface area contributed by atoms with Crippen molar-refractivity contribution in [3.8, 4) is 23.3 Å². The van der Waals surface area contributed by atoms with Crippen LogP contribution in [-0.2, 0) is 17.9 Å². The topological polar surface area (TPSA) is 80.6 Å². The van der Waals surface area contributed by atoms with Crippen molar-refractivity contribution < 1.29 is 19.0 Å². The molecule has 160 valence electrons. The molecule has 1 aliphatic heterocycles.